The molecule has 0 saturated heterocycles. The number of benzene rings is 2. The van der Waals surface area contributed by atoms with Crippen molar-refractivity contribution in [3.8, 4) is 0 Å². The van der Waals surface area contributed by atoms with Gasteiger partial charge in [-0.3, -0.25) is 4.79 Å². The molecule has 2 aromatic rings. The van der Waals surface area contributed by atoms with E-state index in [2.05, 4.69) is 12.2 Å². The van der Waals surface area contributed by atoms with Gasteiger partial charge in [-0.05, 0) is 37.6 Å². The number of carbonyl (C=O) groups is 1. The molecule has 0 heterocycles. The lowest BCUT2D eigenvalue weighted by molar-refractivity contribution is 0.102. The second-order valence-corrected chi connectivity index (χ2v) is 4.02. The van der Waals surface area contributed by atoms with Crippen molar-refractivity contribution in [2.24, 2.45) is 0 Å². The molecule has 0 aliphatic carbocycles. The summed E-state index contributed by atoms with van der Waals surface area (Å²) in [5.41, 5.74) is 2.03. The Labute approximate surface area is 105 Å². The first kappa shape index (κ1) is 12.3. The Morgan fingerprint density at radius 1 is 1.17 bits per heavy atom. The molecule has 1 radical (unpaired) electrons. The second kappa shape index (κ2) is 5.00. The van der Waals surface area contributed by atoms with Crippen molar-refractivity contribution >= 4 is 11.6 Å². The lowest BCUT2D eigenvalue weighted by atomic mass is 10.1. The van der Waals surface area contributed by atoms with Crippen molar-refractivity contribution in [3.05, 3.63) is 71.9 Å². The predicted octanol–water partition coefficient (Wildman–Crippen LogP) is 3.57. The number of hydrogen-bond acceptors (Lipinski definition) is 1. The van der Waals surface area contributed by atoms with Crippen molar-refractivity contribution in [1.82, 2.24) is 0 Å². The normalized spacial score (nSPS) is 10.2. The highest BCUT2D eigenvalue weighted by Crippen LogP contribution is 2.19. The highest BCUT2D eigenvalue weighted by Gasteiger charge is 2.11. The van der Waals surface area contributed by atoms with Crippen LogP contribution in [0.4, 0.5) is 10.1 Å². The molecule has 0 aliphatic heterocycles. The molecular weight excluding hydrogens is 229 g/mol. The van der Waals surface area contributed by atoms with Crippen molar-refractivity contribution in [3.63, 3.8) is 0 Å². The molecule has 0 saturated carbocycles. The minimum atomic E-state index is -0.337. The van der Waals surface area contributed by atoms with E-state index in [1.54, 1.807) is 37.3 Å². The van der Waals surface area contributed by atoms with Gasteiger partial charge in [0.15, 0.2) is 0 Å². The highest BCUT2D eigenvalue weighted by atomic mass is 19.1. The molecule has 0 bridgehead atoms. The minimum Gasteiger partial charge on any atom is -0.322 e. The summed E-state index contributed by atoms with van der Waals surface area (Å²) in [6.07, 6.45) is 0. The van der Waals surface area contributed by atoms with Crippen LogP contribution in [-0.2, 0) is 0 Å². The fourth-order valence-corrected chi connectivity index (χ4v) is 1.67. The summed E-state index contributed by atoms with van der Waals surface area (Å²) in [6.45, 7) is 5.41. The molecule has 1 N–H and O–H groups in total. The first-order chi connectivity index (χ1) is 8.59. The fraction of sp³-hybridized carbons (Fsp3) is 0.0667. The maximum atomic E-state index is 13.3. The van der Waals surface area contributed by atoms with Gasteiger partial charge >= 0.3 is 0 Å². The van der Waals surface area contributed by atoms with E-state index in [0.717, 1.165) is 0 Å². The smallest absolute Gasteiger partial charge is 0.255 e. The second-order valence-electron chi connectivity index (χ2n) is 4.02. The molecule has 0 fully saturated rings. The van der Waals surface area contributed by atoms with Crippen LogP contribution < -0.4 is 5.32 Å². The topological polar surface area (TPSA) is 29.1 Å². The number of carbonyl (C=O) groups excluding carboxylic acids is 1. The summed E-state index contributed by atoms with van der Waals surface area (Å²) < 4.78 is 13.3. The van der Waals surface area contributed by atoms with Crippen molar-refractivity contribution in [1.29, 1.82) is 0 Å². The standard InChI is InChI=1S/C15H13FNO/c1-10-6-3-4-7-12(10)15(18)17-14-9-5-8-13(16)11(14)2/h3-9H,1H2,2H3,(H,17,18). The van der Waals surface area contributed by atoms with Crippen LogP contribution in [0.25, 0.3) is 0 Å². The van der Waals surface area contributed by atoms with E-state index < -0.39 is 0 Å². The monoisotopic (exact) mass is 242 g/mol. The number of anilines is 1. The predicted molar refractivity (Wildman–Crippen MR) is 70.0 cm³/mol. The van der Waals surface area contributed by atoms with Crippen molar-refractivity contribution in [2.75, 3.05) is 5.32 Å². The zero-order chi connectivity index (χ0) is 13.1. The Morgan fingerprint density at radius 3 is 2.61 bits per heavy atom. The molecule has 2 aromatic carbocycles. The summed E-state index contributed by atoms with van der Waals surface area (Å²) in [6, 6.07) is 11.6. The van der Waals surface area contributed by atoms with Crippen LogP contribution in [0.5, 0.6) is 0 Å². The van der Waals surface area contributed by atoms with Crippen LogP contribution in [-0.4, -0.2) is 5.91 Å². The molecule has 18 heavy (non-hydrogen) atoms. The molecule has 3 heteroatoms. The maximum Gasteiger partial charge on any atom is 0.255 e. The van der Waals surface area contributed by atoms with Crippen LogP contribution in [0.1, 0.15) is 21.5 Å². The van der Waals surface area contributed by atoms with Gasteiger partial charge in [0.05, 0.1) is 0 Å². The van der Waals surface area contributed by atoms with Crippen LogP contribution in [0.15, 0.2) is 42.5 Å². The third kappa shape index (κ3) is 2.40. The van der Waals surface area contributed by atoms with Crippen molar-refractivity contribution < 1.29 is 9.18 Å². The third-order valence-electron chi connectivity index (χ3n) is 2.78. The SMILES string of the molecule is [CH2]c1ccccc1C(=O)Nc1cccc(F)c1C. The van der Waals surface area contributed by atoms with E-state index >= 15 is 0 Å². The Hall–Kier alpha value is -2.16. The molecule has 0 atom stereocenters. The fourth-order valence-electron chi connectivity index (χ4n) is 1.67. The molecule has 0 unspecified atom stereocenters. The van der Waals surface area contributed by atoms with Gasteiger partial charge in [-0.25, -0.2) is 4.39 Å². The average molecular weight is 242 g/mol. The zero-order valence-electron chi connectivity index (χ0n) is 10.0. The van der Waals surface area contributed by atoms with Gasteiger partial charge in [0, 0.05) is 16.8 Å². The number of rotatable bonds is 2. The van der Waals surface area contributed by atoms with Gasteiger partial charge in [-0.15, -0.1) is 0 Å². The summed E-state index contributed by atoms with van der Waals surface area (Å²) in [5, 5.41) is 2.69. The van der Waals surface area contributed by atoms with Crippen LogP contribution in [0.2, 0.25) is 0 Å². The van der Waals surface area contributed by atoms with E-state index in [4.69, 9.17) is 0 Å². The summed E-state index contributed by atoms with van der Waals surface area (Å²) in [4.78, 5) is 12.0. The molecular formula is C15H13FNO. The molecule has 0 spiro atoms. The molecule has 1 amide bonds. The largest absolute Gasteiger partial charge is 0.322 e. The Kier molecular flexibility index (Phi) is 3.42. The first-order valence-corrected chi connectivity index (χ1v) is 5.57. The quantitative estimate of drug-likeness (QED) is 0.857. The van der Waals surface area contributed by atoms with E-state index in [0.29, 0.717) is 22.4 Å². The number of hydrogen-bond donors (Lipinski definition) is 1. The molecule has 2 nitrogen and oxygen atoms in total. The van der Waals surface area contributed by atoms with E-state index in [1.807, 2.05) is 6.07 Å². The van der Waals surface area contributed by atoms with Gasteiger partial charge in [-0.1, -0.05) is 24.3 Å². The Balaban J connectivity index is 2.27. The summed E-state index contributed by atoms with van der Waals surface area (Å²) in [5.74, 6) is -0.620. The van der Waals surface area contributed by atoms with Crippen LogP contribution in [0.3, 0.4) is 0 Å². The van der Waals surface area contributed by atoms with Gasteiger partial charge in [0.25, 0.3) is 5.91 Å². The van der Waals surface area contributed by atoms with Gasteiger partial charge in [-0.2, -0.15) is 0 Å². The number of nitrogens with one attached hydrogen (secondary N) is 1. The van der Waals surface area contributed by atoms with E-state index in [-0.39, 0.29) is 11.7 Å². The zero-order valence-corrected chi connectivity index (χ0v) is 10.0. The Morgan fingerprint density at radius 2 is 1.89 bits per heavy atom. The minimum absolute atomic E-state index is 0.283. The van der Waals surface area contributed by atoms with E-state index in [1.165, 1.54) is 6.07 Å². The molecule has 0 aromatic heterocycles. The van der Waals surface area contributed by atoms with Gasteiger partial charge < -0.3 is 5.32 Å². The lowest BCUT2D eigenvalue weighted by Gasteiger charge is -2.10. The number of amides is 1. The molecule has 2 rings (SSSR count). The average Bonchev–Trinajstić information content (AvgIpc) is 2.35. The van der Waals surface area contributed by atoms with Crippen LogP contribution in [0, 0.1) is 19.7 Å². The Bertz CT molecular complexity index is 593. The van der Waals surface area contributed by atoms with Crippen LogP contribution >= 0.6 is 0 Å². The van der Waals surface area contributed by atoms with Crippen molar-refractivity contribution in [2.45, 2.75) is 6.92 Å². The van der Waals surface area contributed by atoms with Gasteiger partial charge in [0.2, 0.25) is 0 Å². The summed E-state index contributed by atoms with van der Waals surface area (Å²) >= 11 is 0. The maximum absolute atomic E-state index is 13.3. The van der Waals surface area contributed by atoms with Gasteiger partial charge in [0.1, 0.15) is 5.82 Å². The summed E-state index contributed by atoms with van der Waals surface area (Å²) in [7, 11) is 0. The lowest BCUT2D eigenvalue weighted by Crippen LogP contribution is -2.14. The number of halogens is 1. The highest BCUT2D eigenvalue weighted by molar-refractivity contribution is 6.05. The molecule has 91 valence electrons. The van der Waals surface area contributed by atoms with E-state index in [9.17, 15) is 9.18 Å². The third-order valence-corrected chi connectivity index (χ3v) is 2.78. The molecule has 0 aliphatic rings. The first-order valence-electron chi connectivity index (χ1n) is 5.57.